The topological polar surface area (TPSA) is 147 Å². The van der Waals surface area contributed by atoms with Gasteiger partial charge in [0.25, 0.3) is 0 Å². The molecule has 0 rings (SSSR count). The quantitative estimate of drug-likeness (QED) is 0.0330. The molecule has 0 unspecified atom stereocenters. The summed E-state index contributed by atoms with van der Waals surface area (Å²) in [5.74, 6) is 0.406. The lowest BCUT2D eigenvalue weighted by molar-refractivity contribution is -0.122. The molecule has 0 fully saturated rings. The highest BCUT2D eigenvalue weighted by molar-refractivity contribution is 5.77. The summed E-state index contributed by atoms with van der Waals surface area (Å²) >= 11 is 0. The third kappa shape index (κ3) is 59.8. The molecule has 12 nitrogen and oxygen atoms in total. The van der Waals surface area contributed by atoms with Crippen molar-refractivity contribution >= 4 is 23.6 Å². The predicted molar refractivity (Wildman–Crippen MR) is 337 cm³/mol. The fourth-order valence-electron chi connectivity index (χ4n) is 10.3. The minimum atomic E-state index is 0.0895. The highest BCUT2D eigenvalue weighted by atomic mass is 16.2. The lowest BCUT2D eigenvalue weighted by atomic mass is 10.1. The number of unbranched alkanes of at least 4 members (excludes halogenated alkanes) is 36. The van der Waals surface area contributed by atoms with Gasteiger partial charge in [-0.1, -0.05) is 259 Å². The molecule has 78 heavy (non-hydrogen) atoms. The zero-order valence-electron chi connectivity index (χ0n) is 52.5. The largest absolute Gasteiger partial charge is 0.356 e. The first-order chi connectivity index (χ1) is 38.4. The van der Waals surface area contributed by atoms with Gasteiger partial charge in [-0.15, -0.1) is 0 Å². The van der Waals surface area contributed by atoms with Gasteiger partial charge in [-0.25, -0.2) is 0 Å². The van der Waals surface area contributed by atoms with E-state index in [1.165, 1.54) is 218 Å². The van der Waals surface area contributed by atoms with Crippen LogP contribution in [0.15, 0.2) is 0 Å². The molecular formula is C66H134N8O4. The van der Waals surface area contributed by atoms with Gasteiger partial charge in [-0.3, -0.25) is 24.1 Å². The van der Waals surface area contributed by atoms with Crippen molar-refractivity contribution in [2.24, 2.45) is 0 Å². The first-order valence-electron chi connectivity index (χ1n) is 34.3. The summed E-state index contributed by atoms with van der Waals surface area (Å²) in [5.41, 5.74) is 0. The van der Waals surface area contributed by atoms with Crippen LogP contribution >= 0.6 is 0 Å². The van der Waals surface area contributed by atoms with Crippen LogP contribution in [-0.4, -0.2) is 125 Å². The summed E-state index contributed by atoms with van der Waals surface area (Å²) in [5, 5.41) is 19.7. The Kier molecular flexibility index (Phi) is 62.0. The van der Waals surface area contributed by atoms with Crippen molar-refractivity contribution in [3.63, 3.8) is 0 Å². The van der Waals surface area contributed by atoms with Crippen molar-refractivity contribution in [3.8, 4) is 0 Å². The highest BCUT2D eigenvalue weighted by Gasteiger charge is 2.14. The highest BCUT2D eigenvalue weighted by Crippen LogP contribution is 2.14. The van der Waals surface area contributed by atoms with Gasteiger partial charge < -0.3 is 36.8 Å². The van der Waals surface area contributed by atoms with Gasteiger partial charge in [0.15, 0.2) is 0 Å². The summed E-state index contributed by atoms with van der Waals surface area (Å²) in [6.07, 6.45) is 53.1. The zero-order chi connectivity index (χ0) is 56.7. The maximum atomic E-state index is 13.1. The number of nitrogens with one attached hydrogen (secondary N) is 6. The fraction of sp³-hybridized carbons (Fsp3) is 0.939. The van der Waals surface area contributed by atoms with Crippen molar-refractivity contribution in [3.05, 3.63) is 0 Å². The maximum absolute atomic E-state index is 13.1. The standard InChI is InChI=1S/C66H134N8O4/c1-5-9-13-17-21-25-29-33-37-41-49-69-63(75)45-53-67-55-59-74(60-56-68-54-46-64(76)70-50-42-38-34-30-26-22-18-14-10-6-2)62-61-73(57-47-65(77)71-51-43-39-35-31-27-23-19-15-11-7-3)58-48-66(78)72-52-44-40-36-32-28-24-20-16-12-8-4/h67-68H,5-62H2,1-4H3,(H,69,75)(H,70,76)(H,71,77)(H,72,78). The number of amides is 4. The van der Waals surface area contributed by atoms with E-state index in [0.29, 0.717) is 51.9 Å². The minimum Gasteiger partial charge on any atom is -0.356 e. The average molecular weight is 1100 g/mol. The molecule has 6 N–H and O–H groups in total. The van der Waals surface area contributed by atoms with E-state index in [1.807, 2.05) is 0 Å². The van der Waals surface area contributed by atoms with E-state index in [-0.39, 0.29) is 23.6 Å². The molecule has 0 spiro atoms. The summed E-state index contributed by atoms with van der Waals surface area (Å²) in [7, 11) is 0. The molecule has 0 bridgehead atoms. The molecule has 462 valence electrons. The van der Waals surface area contributed by atoms with Crippen LogP contribution in [0.3, 0.4) is 0 Å². The van der Waals surface area contributed by atoms with E-state index in [4.69, 9.17) is 0 Å². The summed E-state index contributed by atoms with van der Waals surface area (Å²) < 4.78 is 0. The third-order valence-corrected chi connectivity index (χ3v) is 15.7. The zero-order valence-corrected chi connectivity index (χ0v) is 52.5. The Morgan fingerprint density at radius 1 is 0.218 bits per heavy atom. The normalized spacial score (nSPS) is 11.5. The van der Waals surface area contributed by atoms with Crippen LogP contribution in [0.1, 0.15) is 310 Å². The minimum absolute atomic E-state index is 0.0895. The molecule has 0 aliphatic carbocycles. The van der Waals surface area contributed by atoms with Crippen molar-refractivity contribution in [2.75, 3.05) is 91.6 Å². The van der Waals surface area contributed by atoms with Gasteiger partial charge in [-0.05, 0) is 25.7 Å². The van der Waals surface area contributed by atoms with Gasteiger partial charge >= 0.3 is 0 Å². The number of rotatable bonds is 65. The van der Waals surface area contributed by atoms with Crippen LogP contribution in [0.25, 0.3) is 0 Å². The molecule has 0 aromatic heterocycles. The van der Waals surface area contributed by atoms with Gasteiger partial charge in [0, 0.05) is 117 Å². The number of carbonyl (C=O) groups excluding carboxylic acids is 4. The second-order valence-electron chi connectivity index (χ2n) is 23.3. The number of hydrogen-bond donors (Lipinski definition) is 6. The molecule has 0 atom stereocenters. The number of carbonyl (C=O) groups is 4. The van der Waals surface area contributed by atoms with Gasteiger partial charge in [-0.2, -0.15) is 0 Å². The molecule has 0 radical (unpaired) electrons. The fourth-order valence-corrected chi connectivity index (χ4v) is 10.3. The van der Waals surface area contributed by atoms with Crippen molar-refractivity contribution in [2.45, 2.75) is 310 Å². The number of hydrogen-bond acceptors (Lipinski definition) is 8. The van der Waals surface area contributed by atoms with Crippen LogP contribution in [0.2, 0.25) is 0 Å². The van der Waals surface area contributed by atoms with Crippen LogP contribution in [0.4, 0.5) is 0 Å². The molecule has 4 amide bonds. The molecule has 0 heterocycles. The summed E-state index contributed by atoms with van der Waals surface area (Å²) in [4.78, 5) is 56.3. The summed E-state index contributed by atoms with van der Waals surface area (Å²) in [6, 6.07) is 0. The molecule has 0 saturated carbocycles. The van der Waals surface area contributed by atoms with E-state index >= 15 is 0 Å². The first-order valence-corrected chi connectivity index (χ1v) is 34.3. The Balaban J connectivity index is 5.17. The van der Waals surface area contributed by atoms with Crippen LogP contribution in [-0.2, 0) is 19.2 Å². The van der Waals surface area contributed by atoms with Crippen LogP contribution in [0, 0.1) is 0 Å². The third-order valence-electron chi connectivity index (χ3n) is 15.7. The average Bonchev–Trinajstić information content (AvgIpc) is 3.43. The van der Waals surface area contributed by atoms with Crippen LogP contribution in [0.5, 0.6) is 0 Å². The van der Waals surface area contributed by atoms with E-state index in [9.17, 15) is 19.2 Å². The van der Waals surface area contributed by atoms with Gasteiger partial charge in [0.05, 0.1) is 0 Å². The first kappa shape index (κ1) is 75.7. The SMILES string of the molecule is CCCCCCCCCCCCNC(=O)CCNCCN(CCNCCC(=O)NCCCCCCCCCCCC)CCN(CCC(=O)NCCCCCCCCCCCC)CCC(=O)NCCCCCCCCCCCC. The monoisotopic (exact) mass is 1100 g/mol. The van der Waals surface area contributed by atoms with Crippen molar-refractivity contribution in [1.82, 2.24) is 41.7 Å². The molecule has 0 aliphatic rings. The Morgan fingerprint density at radius 2 is 0.423 bits per heavy atom. The van der Waals surface area contributed by atoms with Gasteiger partial charge in [0.1, 0.15) is 0 Å². The molecular weight excluding hydrogens is 969 g/mol. The van der Waals surface area contributed by atoms with Gasteiger partial charge in [0.2, 0.25) is 23.6 Å². The lowest BCUT2D eigenvalue weighted by Crippen LogP contribution is -2.43. The Labute approximate surface area is 484 Å². The molecule has 12 heteroatoms. The summed E-state index contributed by atoms with van der Waals surface area (Å²) in [6.45, 7) is 19.2. The lowest BCUT2D eigenvalue weighted by Gasteiger charge is -2.28. The van der Waals surface area contributed by atoms with E-state index < -0.39 is 0 Å². The van der Waals surface area contributed by atoms with Crippen molar-refractivity contribution < 1.29 is 19.2 Å². The molecule has 0 saturated heterocycles. The van der Waals surface area contributed by atoms with E-state index in [2.05, 4.69) is 69.4 Å². The second kappa shape index (κ2) is 63.9. The van der Waals surface area contributed by atoms with Crippen molar-refractivity contribution in [1.29, 1.82) is 0 Å². The second-order valence-corrected chi connectivity index (χ2v) is 23.3. The van der Waals surface area contributed by atoms with Crippen LogP contribution < -0.4 is 31.9 Å². The molecule has 0 aromatic carbocycles. The molecule has 0 aliphatic heterocycles. The Hall–Kier alpha value is -2.28. The smallest absolute Gasteiger partial charge is 0.221 e. The number of nitrogens with zero attached hydrogens (tertiary/aromatic N) is 2. The van der Waals surface area contributed by atoms with E-state index in [1.54, 1.807) is 0 Å². The molecule has 0 aromatic rings. The maximum Gasteiger partial charge on any atom is 0.221 e. The van der Waals surface area contributed by atoms with E-state index in [0.717, 1.165) is 104 Å². The predicted octanol–water partition coefficient (Wildman–Crippen LogP) is 14.5. The Morgan fingerprint density at radius 3 is 0.667 bits per heavy atom. The Bertz CT molecular complexity index is 1190.